The van der Waals surface area contributed by atoms with Crippen LogP contribution in [0.4, 0.5) is 4.79 Å². The fraction of sp³-hybridized carbons (Fsp3) is 0.407. The summed E-state index contributed by atoms with van der Waals surface area (Å²) in [6, 6.07) is 15.1. The number of benzene rings is 2. The number of aryl methyl sites for hydroxylation is 1. The third-order valence-electron chi connectivity index (χ3n) is 6.87. The topological polar surface area (TPSA) is 99.3 Å². The van der Waals surface area contributed by atoms with E-state index in [0.717, 1.165) is 11.1 Å². The first-order chi connectivity index (χ1) is 17.7. The highest BCUT2D eigenvalue weighted by Crippen LogP contribution is 2.33. The van der Waals surface area contributed by atoms with Gasteiger partial charge in [-0.05, 0) is 50.1 Å². The Hall–Kier alpha value is -3.21. The first kappa shape index (κ1) is 26.8. The minimum atomic E-state index is -3.60. The van der Waals surface area contributed by atoms with E-state index in [1.807, 2.05) is 31.2 Å². The summed E-state index contributed by atoms with van der Waals surface area (Å²) in [5.41, 5.74) is 2.75. The number of hydrogen-bond acceptors (Lipinski definition) is 6. The van der Waals surface area contributed by atoms with Gasteiger partial charge in [0.05, 0.1) is 23.1 Å². The lowest BCUT2D eigenvalue weighted by atomic mass is 9.91. The molecule has 2 aromatic rings. The van der Waals surface area contributed by atoms with Crippen LogP contribution < -0.4 is 5.32 Å². The lowest BCUT2D eigenvalue weighted by molar-refractivity contribution is -0.139. The largest absolute Gasteiger partial charge is 0.463 e. The van der Waals surface area contributed by atoms with Crippen LogP contribution in [0.5, 0.6) is 0 Å². The van der Waals surface area contributed by atoms with E-state index in [2.05, 4.69) is 10.2 Å². The van der Waals surface area contributed by atoms with Gasteiger partial charge in [0.1, 0.15) is 0 Å². The van der Waals surface area contributed by atoms with Crippen molar-refractivity contribution in [2.24, 2.45) is 0 Å². The Morgan fingerprint density at radius 1 is 1.03 bits per heavy atom. The molecule has 0 saturated carbocycles. The highest BCUT2D eigenvalue weighted by molar-refractivity contribution is 7.89. The van der Waals surface area contributed by atoms with Gasteiger partial charge < -0.3 is 10.1 Å². The van der Waals surface area contributed by atoms with Crippen molar-refractivity contribution < 1.29 is 22.7 Å². The van der Waals surface area contributed by atoms with Gasteiger partial charge in [-0.15, -0.1) is 0 Å². The minimum Gasteiger partial charge on any atom is -0.463 e. The number of carbonyl (C=O) groups is 2. The molecule has 10 heteroatoms. The van der Waals surface area contributed by atoms with E-state index in [9.17, 15) is 18.0 Å². The predicted molar refractivity (Wildman–Crippen MR) is 140 cm³/mol. The van der Waals surface area contributed by atoms with Crippen molar-refractivity contribution in [1.29, 1.82) is 0 Å². The van der Waals surface area contributed by atoms with E-state index in [4.69, 9.17) is 4.74 Å². The van der Waals surface area contributed by atoms with Crippen LogP contribution in [0.1, 0.15) is 30.5 Å². The molecule has 1 N–H and O–H groups in total. The van der Waals surface area contributed by atoms with E-state index in [1.54, 1.807) is 44.3 Å². The van der Waals surface area contributed by atoms with Gasteiger partial charge in [-0.25, -0.2) is 18.0 Å². The molecule has 0 bridgehead atoms. The molecule has 0 aliphatic carbocycles. The Kier molecular flexibility index (Phi) is 8.31. The smallest absolute Gasteiger partial charge is 0.338 e. The van der Waals surface area contributed by atoms with Crippen molar-refractivity contribution >= 4 is 22.0 Å². The lowest BCUT2D eigenvalue weighted by Crippen LogP contribution is -2.49. The van der Waals surface area contributed by atoms with Crippen LogP contribution >= 0.6 is 0 Å². The van der Waals surface area contributed by atoms with Gasteiger partial charge in [0, 0.05) is 38.9 Å². The number of rotatable bonds is 7. The molecule has 198 valence electrons. The van der Waals surface area contributed by atoms with Gasteiger partial charge in [-0.2, -0.15) is 4.31 Å². The van der Waals surface area contributed by atoms with E-state index in [0.29, 0.717) is 50.4 Å². The van der Waals surface area contributed by atoms with Crippen molar-refractivity contribution in [3.63, 3.8) is 0 Å². The van der Waals surface area contributed by atoms with Crippen LogP contribution in [0, 0.1) is 6.92 Å². The molecule has 2 aliphatic heterocycles. The first-order valence-corrected chi connectivity index (χ1v) is 14.0. The van der Waals surface area contributed by atoms with Crippen LogP contribution in [-0.2, 0) is 19.6 Å². The van der Waals surface area contributed by atoms with E-state index in [1.165, 1.54) is 9.21 Å². The molecule has 4 rings (SSSR count). The molecule has 1 atom stereocenters. The molecular formula is C27H34N4O5S. The number of sulfonamides is 1. The normalized spacial score (nSPS) is 19.9. The maximum absolute atomic E-state index is 13.2. The third-order valence-corrected chi connectivity index (χ3v) is 8.79. The second kappa shape index (κ2) is 11.5. The standard InChI is InChI=1S/C27H34N4O5S/c1-4-36-26(32)24-23(29(3)27(33)28-25(24)22-14-9-8-11-20(22)2)19-30-15-10-16-31(18-17-30)37(34,35)21-12-6-5-7-13-21/h5-9,11-14,25H,4,10,15-19H2,1-3H3,(H,28,33)/t25-/m0/s1. The fourth-order valence-electron chi connectivity index (χ4n) is 4.84. The van der Waals surface area contributed by atoms with Crippen LogP contribution in [0.25, 0.3) is 0 Å². The monoisotopic (exact) mass is 526 g/mol. The number of hydrogen-bond donors (Lipinski definition) is 1. The van der Waals surface area contributed by atoms with Gasteiger partial charge in [0.2, 0.25) is 10.0 Å². The number of esters is 1. The Morgan fingerprint density at radius 3 is 2.43 bits per heavy atom. The quantitative estimate of drug-likeness (QED) is 0.557. The summed E-state index contributed by atoms with van der Waals surface area (Å²) in [5.74, 6) is -0.472. The molecule has 1 fully saturated rings. The van der Waals surface area contributed by atoms with Crippen LogP contribution in [0.2, 0.25) is 0 Å². The van der Waals surface area contributed by atoms with Crippen molar-refractivity contribution in [3.8, 4) is 0 Å². The predicted octanol–water partition coefficient (Wildman–Crippen LogP) is 2.90. The average molecular weight is 527 g/mol. The third kappa shape index (κ3) is 5.71. The zero-order valence-electron chi connectivity index (χ0n) is 21.5. The van der Waals surface area contributed by atoms with Gasteiger partial charge in [0.15, 0.2) is 0 Å². The van der Waals surface area contributed by atoms with Crippen molar-refractivity contribution in [2.75, 3.05) is 46.4 Å². The summed E-state index contributed by atoms with van der Waals surface area (Å²) in [5, 5.41) is 2.96. The van der Waals surface area contributed by atoms with E-state index in [-0.39, 0.29) is 17.5 Å². The maximum Gasteiger partial charge on any atom is 0.338 e. The summed E-state index contributed by atoms with van der Waals surface area (Å²) in [6.07, 6.45) is 0.630. The number of urea groups is 1. The van der Waals surface area contributed by atoms with E-state index >= 15 is 0 Å². The van der Waals surface area contributed by atoms with Gasteiger partial charge in [-0.3, -0.25) is 9.80 Å². The lowest BCUT2D eigenvalue weighted by Gasteiger charge is -2.37. The Labute approximate surface area is 218 Å². The molecule has 0 spiro atoms. The molecule has 37 heavy (non-hydrogen) atoms. The van der Waals surface area contributed by atoms with Crippen LogP contribution in [0.15, 0.2) is 70.8 Å². The van der Waals surface area contributed by atoms with E-state index < -0.39 is 22.0 Å². The number of ether oxygens (including phenoxy) is 1. The number of amides is 2. The second-order valence-corrected chi connectivity index (χ2v) is 11.2. The Balaban J connectivity index is 1.63. The molecule has 0 unspecified atom stereocenters. The summed E-state index contributed by atoms with van der Waals surface area (Å²) in [7, 11) is -1.96. The van der Waals surface area contributed by atoms with Gasteiger partial charge in [0.25, 0.3) is 0 Å². The summed E-state index contributed by atoms with van der Waals surface area (Å²) < 4.78 is 33.2. The van der Waals surface area contributed by atoms with Crippen LogP contribution in [-0.4, -0.2) is 80.9 Å². The Bertz CT molecular complexity index is 1280. The zero-order chi connectivity index (χ0) is 26.6. The molecule has 2 heterocycles. The van der Waals surface area contributed by atoms with Gasteiger partial charge in [-0.1, -0.05) is 42.5 Å². The molecule has 0 radical (unpaired) electrons. The van der Waals surface area contributed by atoms with Crippen molar-refractivity contribution in [3.05, 3.63) is 77.0 Å². The zero-order valence-corrected chi connectivity index (χ0v) is 22.3. The number of nitrogens with zero attached hydrogens (tertiary/aromatic N) is 3. The molecule has 2 amide bonds. The average Bonchev–Trinajstić information content (AvgIpc) is 3.14. The maximum atomic E-state index is 13.2. The molecule has 2 aromatic carbocycles. The number of nitrogens with one attached hydrogen (secondary N) is 1. The van der Waals surface area contributed by atoms with Crippen molar-refractivity contribution in [2.45, 2.75) is 31.2 Å². The first-order valence-electron chi connectivity index (χ1n) is 12.5. The molecule has 9 nitrogen and oxygen atoms in total. The summed E-state index contributed by atoms with van der Waals surface area (Å²) in [6.45, 7) is 6.04. The van der Waals surface area contributed by atoms with Crippen molar-refractivity contribution in [1.82, 2.24) is 19.4 Å². The fourth-order valence-corrected chi connectivity index (χ4v) is 6.33. The summed E-state index contributed by atoms with van der Waals surface area (Å²) >= 11 is 0. The molecule has 1 saturated heterocycles. The van der Waals surface area contributed by atoms with Gasteiger partial charge >= 0.3 is 12.0 Å². The SMILES string of the molecule is CCOC(=O)C1=C(CN2CCCN(S(=O)(=O)c3ccccc3)CC2)N(C)C(=O)N[C@H]1c1ccccc1C. The van der Waals surface area contributed by atoms with Crippen LogP contribution in [0.3, 0.4) is 0 Å². The highest BCUT2D eigenvalue weighted by atomic mass is 32.2. The second-order valence-electron chi connectivity index (χ2n) is 9.23. The minimum absolute atomic E-state index is 0.212. The molecule has 2 aliphatic rings. The Morgan fingerprint density at radius 2 is 1.73 bits per heavy atom. The number of carbonyl (C=O) groups excluding carboxylic acids is 2. The number of likely N-dealkylation sites (N-methyl/N-ethyl adjacent to an activating group) is 1. The highest BCUT2D eigenvalue weighted by Gasteiger charge is 2.38. The summed E-state index contributed by atoms with van der Waals surface area (Å²) in [4.78, 5) is 30.1. The molecule has 0 aromatic heterocycles. The molecular weight excluding hydrogens is 492 g/mol.